The summed E-state index contributed by atoms with van der Waals surface area (Å²) >= 11 is 4.53. The van der Waals surface area contributed by atoms with Crippen molar-refractivity contribution in [3.8, 4) is 0 Å². The Morgan fingerprint density at radius 1 is 1.20 bits per heavy atom. The molecular formula is C20H27BrFN3O4S. The summed E-state index contributed by atoms with van der Waals surface area (Å²) in [7, 11) is 0. The summed E-state index contributed by atoms with van der Waals surface area (Å²) in [6.07, 6.45) is 0.0462. The van der Waals surface area contributed by atoms with Gasteiger partial charge in [0.25, 0.3) is 0 Å². The van der Waals surface area contributed by atoms with Gasteiger partial charge in [0, 0.05) is 16.4 Å². The van der Waals surface area contributed by atoms with Crippen LogP contribution in [0.2, 0.25) is 0 Å². The Bertz CT molecular complexity index is 810. The first kappa shape index (κ1) is 24.6. The zero-order chi connectivity index (χ0) is 22.7. The molecule has 0 fully saturated rings. The van der Waals surface area contributed by atoms with E-state index in [0.29, 0.717) is 17.9 Å². The highest BCUT2D eigenvalue weighted by Crippen LogP contribution is 2.38. The fourth-order valence-corrected chi connectivity index (χ4v) is 4.03. The minimum atomic E-state index is -1.31. The summed E-state index contributed by atoms with van der Waals surface area (Å²) in [5, 5.41) is 0.0178. The number of imide groups is 1. The van der Waals surface area contributed by atoms with Gasteiger partial charge in [0.2, 0.25) is 0 Å². The highest BCUT2D eigenvalue weighted by molar-refractivity contribution is 9.10. The number of carbonyl (C=O) groups excluding carboxylic acids is 2. The number of nitrogens with zero attached hydrogens (tertiary/aromatic N) is 3. The molecule has 1 aliphatic heterocycles. The van der Waals surface area contributed by atoms with Crippen LogP contribution < -0.4 is 0 Å². The van der Waals surface area contributed by atoms with E-state index in [-0.39, 0.29) is 5.17 Å². The van der Waals surface area contributed by atoms with Crippen molar-refractivity contribution in [3.05, 3.63) is 28.5 Å². The Kier molecular flexibility index (Phi) is 7.55. The number of hydrogen-bond donors (Lipinski definition) is 0. The number of carbonyl (C=O) groups is 2. The van der Waals surface area contributed by atoms with Gasteiger partial charge in [-0.25, -0.2) is 19.0 Å². The molecule has 0 saturated carbocycles. The van der Waals surface area contributed by atoms with Crippen molar-refractivity contribution in [3.63, 3.8) is 0 Å². The fourth-order valence-electron chi connectivity index (χ4n) is 2.55. The quantitative estimate of drug-likeness (QED) is 0.516. The molecule has 0 spiro atoms. The van der Waals surface area contributed by atoms with Crippen molar-refractivity contribution < 1.29 is 23.5 Å². The molecule has 10 heteroatoms. The van der Waals surface area contributed by atoms with Crippen molar-refractivity contribution in [2.45, 2.75) is 64.7 Å². The number of amides is 2. The van der Waals surface area contributed by atoms with Gasteiger partial charge in [0.15, 0.2) is 5.17 Å². The first-order valence-corrected chi connectivity index (χ1v) is 11.2. The standard InChI is InChI=1S/C20H27BrFN3O4S/c1-18(2,3)28-16(26)25(17(27)29-19(4,5)6)15-24-20(12-22,8-10-30-15)14-11-13(21)7-9-23-14/h7,9,11H,8,10,12H2,1-6H3/t20-/m1/s1. The maximum atomic E-state index is 14.3. The molecule has 30 heavy (non-hydrogen) atoms. The molecule has 0 saturated heterocycles. The molecule has 0 radical (unpaired) electrons. The number of ether oxygens (including phenoxy) is 2. The molecule has 0 aliphatic carbocycles. The number of aliphatic imine (C=N–C) groups is 1. The van der Waals surface area contributed by atoms with Gasteiger partial charge in [-0.2, -0.15) is 4.90 Å². The number of aromatic nitrogens is 1. The van der Waals surface area contributed by atoms with Gasteiger partial charge in [0.1, 0.15) is 23.4 Å². The van der Waals surface area contributed by atoms with E-state index in [9.17, 15) is 14.0 Å². The van der Waals surface area contributed by atoms with E-state index in [1.54, 1.807) is 59.9 Å². The van der Waals surface area contributed by atoms with E-state index in [4.69, 9.17) is 9.47 Å². The number of pyridine rings is 1. The van der Waals surface area contributed by atoms with Crippen LogP contribution in [-0.2, 0) is 15.0 Å². The van der Waals surface area contributed by atoms with E-state index in [1.165, 1.54) is 0 Å². The van der Waals surface area contributed by atoms with Crippen molar-refractivity contribution in [1.29, 1.82) is 0 Å². The lowest BCUT2D eigenvalue weighted by atomic mass is 9.93. The van der Waals surface area contributed by atoms with Gasteiger partial charge in [-0.3, -0.25) is 4.98 Å². The highest BCUT2D eigenvalue weighted by Gasteiger charge is 2.42. The molecule has 2 rings (SSSR count). The van der Waals surface area contributed by atoms with Crippen LogP contribution in [0.4, 0.5) is 14.0 Å². The third-order valence-electron chi connectivity index (χ3n) is 3.82. The minimum Gasteiger partial charge on any atom is -0.443 e. The predicted octanol–water partition coefficient (Wildman–Crippen LogP) is 5.67. The second-order valence-corrected chi connectivity index (χ2v) is 10.8. The Balaban J connectivity index is 2.52. The van der Waals surface area contributed by atoms with Gasteiger partial charge in [-0.05, 0) is 60.1 Å². The molecule has 2 heterocycles. The molecule has 0 bridgehead atoms. The van der Waals surface area contributed by atoms with Crippen LogP contribution in [0.3, 0.4) is 0 Å². The number of hydrogen-bond acceptors (Lipinski definition) is 7. The second-order valence-electron chi connectivity index (χ2n) is 8.81. The molecule has 0 aromatic carbocycles. The van der Waals surface area contributed by atoms with Gasteiger partial charge in [0.05, 0.1) is 5.69 Å². The molecule has 0 N–H and O–H groups in total. The minimum absolute atomic E-state index is 0.0178. The number of alkyl halides is 1. The van der Waals surface area contributed by atoms with Crippen LogP contribution in [0.25, 0.3) is 0 Å². The highest BCUT2D eigenvalue weighted by atomic mass is 79.9. The normalized spacial score (nSPS) is 19.7. The SMILES string of the molecule is CC(C)(C)OC(=O)N(C(=O)OC(C)(C)C)C1=N[C@](CF)(c2cc(Br)ccn2)CCS1. The number of rotatable bonds is 2. The maximum absolute atomic E-state index is 14.3. The average Bonchev–Trinajstić information content (AvgIpc) is 2.59. The van der Waals surface area contributed by atoms with Crippen molar-refractivity contribution in [2.24, 2.45) is 4.99 Å². The zero-order valence-electron chi connectivity index (χ0n) is 18.0. The lowest BCUT2D eigenvalue weighted by Crippen LogP contribution is -2.48. The van der Waals surface area contributed by atoms with Gasteiger partial charge < -0.3 is 9.47 Å². The third-order valence-corrected chi connectivity index (χ3v) is 5.25. The van der Waals surface area contributed by atoms with Crippen LogP contribution in [0.1, 0.15) is 53.7 Å². The Morgan fingerprint density at radius 3 is 2.23 bits per heavy atom. The lowest BCUT2D eigenvalue weighted by Gasteiger charge is -2.34. The van der Waals surface area contributed by atoms with E-state index < -0.39 is 35.6 Å². The van der Waals surface area contributed by atoms with Gasteiger partial charge in [-0.15, -0.1) is 0 Å². The van der Waals surface area contributed by atoms with E-state index in [1.807, 2.05) is 0 Å². The molecular weight excluding hydrogens is 477 g/mol. The van der Waals surface area contributed by atoms with Crippen LogP contribution in [-0.4, -0.2) is 50.9 Å². The van der Waals surface area contributed by atoms with Crippen molar-refractivity contribution in [2.75, 3.05) is 12.4 Å². The van der Waals surface area contributed by atoms with Crippen molar-refractivity contribution >= 4 is 45.0 Å². The van der Waals surface area contributed by atoms with Crippen LogP contribution in [0.5, 0.6) is 0 Å². The molecule has 2 amide bonds. The smallest absolute Gasteiger partial charge is 0.426 e. The lowest BCUT2D eigenvalue weighted by molar-refractivity contribution is 0.0150. The van der Waals surface area contributed by atoms with Crippen LogP contribution >= 0.6 is 27.7 Å². The molecule has 1 aromatic heterocycles. The van der Waals surface area contributed by atoms with Crippen LogP contribution in [0.15, 0.2) is 27.8 Å². The Labute approximate surface area is 188 Å². The monoisotopic (exact) mass is 503 g/mol. The van der Waals surface area contributed by atoms with Gasteiger partial charge in [-0.1, -0.05) is 27.7 Å². The average molecular weight is 504 g/mol. The Hall–Kier alpha value is -1.68. The summed E-state index contributed by atoms with van der Waals surface area (Å²) < 4.78 is 25.8. The summed E-state index contributed by atoms with van der Waals surface area (Å²) in [4.78, 5) is 35.2. The third kappa shape index (κ3) is 6.41. The van der Waals surface area contributed by atoms with Crippen molar-refractivity contribution in [1.82, 2.24) is 9.88 Å². The van der Waals surface area contributed by atoms with Gasteiger partial charge >= 0.3 is 12.2 Å². The molecule has 166 valence electrons. The number of halogens is 2. The predicted molar refractivity (Wildman–Crippen MR) is 118 cm³/mol. The largest absolute Gasteiger partial charge is 0.443 e. The topological polar surface area (TPSA) is 81.1 Å². The van der Waals surface area contributed by atoms with E-state index in [2.05, 4.69) is 25.9 Å². The molecule has 0 unspecified atom stereocenters. The summed E-state index contributed by atoms with van der Waals surface area (Å²) in [6, 6.07) is 3.41. The molecule has 1 aromatic rings. The summed E-state index contributed by atoms with van der Waals surface area (Å²) in [5.41, 5.74) is -2.60. The molecule has 1 atom stereocenters. The number of amidine groups is 1. The molecule has 1 aliphatic rings. The van der Waals surface area contributed by atoms with E-state index >= 15 is 0 Å². The first-order valence-electron chi connectivity index (χ1n) is 9.43. The number of thioether (sulfide) groups is 1. The Morgan fingerprint density at radius 2 is 1.77 bits per heavy atom. The molecule has 7 nitrogen and oxygen atoms in total. The summed E-state index contributed by atoms with van der Waals surface area (Å²) in [5.74, 6) is 0.430. The fraction of sp³-hybridized carbons (Fsp3) is 0.600. The van der Waals surface area contributed by atoms with E-state index in [0.717, 1.165) is 21.1 Å². The van der Waals surface area contributed by atoms with Crippen LogP contribution in [0, 0.1) is 0 Å². The second kappa shape index (κ2) is 9.21. The zero-order valence-corrected chi connectivity index (χ0v) is 20.4. The maximum Gasteiger partial charge on any atom is 0.426 e. The first-order chi connectivity index (χ1) is 13.8. The summed E-state index contributed by atoms with van der Waals surface area (Å²) in [6.45, 7) is 9.28.